The number of pyridine rings is 1. The van der Waals surface area contributed by atoms with E-state index in [-0.39, 0.29) is 11.4 Å². The molecule has 7 nitrogen and oxygen atoms in total. The van der Waals surface area contributed by atoms with Gasteiger partial charge >= 0.3 is 0 Å². The molecule has 3 rings (SSSR count). The van der Waals surface area contributed by atoms with Gasteiger partial charge in [-0.25, -0.2) is 17.8 Å². The number of nitrogens with zero attached hydrogens (tertiary/aromatic N) is 3. The van der Waals surface area contributed by atoms with Crippen molar-refractivity contribution in [3.8, 4) is 0 Å². The summed E-state index contributed by atoms with van der Waals surface area (Å²) in [5.41, 5.74) is 0. The highest BCUT2D eigenvalue weighted by Crippen LogP contribution is 2.27. The van der Waals surface area contributed by atoms with Gasteiger partial charge in [-0.1, -0.05) is 0 Å². The molecule has 1 N–H and O–H groups in total. The molecule has 1 aliphatic heterocycles. The normalized spacial score (nSPS) is 18.9. The van der Waals surface area contributed by atoms with Gasteiger partial charge in [0, 0.05) is 24.3 Å². The Hall–Kier alpha value is -1.91. The highest BCUT2D eigenvalue weighted by atomic mass is 32.2. The summed E-state index contributed by atoms with van der Waals surface area (Å²) in [6, 6.07) is 0.0587. The molecule has 3 heterocycles. The second-order valence-corrected chi connectivity index (χ2v) is 7.72. The van der Waals surface area contributed by atoms with Gasteiger partial charge < -0.3 is 5.32 Å². The van der Waals surface area contributed by atoms with Crippen LogP contribution in [0.25, 0.3) is 0 Å². The molecule has 0 aromatic carbocycles. The lowest BCUT2D eigenvalue weighted by molar-refractivity contribution is -0.119. The van der Waals surface area contributed by atoms with E-state index in [0.29, 0.717) is 18.0 Å². The van der Waals surface area contributed by atoms with Gasteiger partial charge in [0.2, 0.25) is 15.9 Å². The van der Waals surface area contributed by atoms with E-state index in [2.05, 4.69) is 15.3 Å². The molecule has 1 unspecified atom stereocenters. The van der Waals surface area contributed by atoms with Crippen LogP contribution in [-0.2, 0) is 14.8 Å². The van der Waals surface area contributed by atoms with E-state index in [1.807, 2.05) is 0 Å². The number of carbonyl (C=O) groups excluding carboxylic acids is 1. The quantitative estimate of drug-likeness (QED) is 0.895. The molecule has 122 valence electrons. The van der Waals surface area contributed by atoms with Crippen molar-refractivity contribution in [3.63, 3.8) is 0 Å². The van der Waals surface area contributed by atoms with Crippen molar-refractivity contribution in [2.75, 3.05) is 11.9 Å². The standard InChI is InChI=1S/C13H13FN4O3S2/c14-9-6-10(8-15-7-9)23(20,21)18-4-1-2-11(18)12(19)17-13-16-3-5-22-13/h3,5-8,11H,1-2,4H2,(H,16,17,19). The molecule has 1 amide bonds. The number of anilines is 1. The van der Waals surface area contributed by atoms with Crippen molar-refractivity contribution >= 4 is 32.4 Å². The van der Waals surface area contributed by atoms with E-state index in [0.717, 1.165) is 22.8 Å². The van der Waals surface area contributed by atoms with Crippen LogP contribution in [0.5, 0.6) is 0 Å². The number of halogens is 1. The summed E-state index contributed by atoms with van der Waals surface area (Å²) >= 11 is 1.25. The fourth-order valence-electron chi connectivity index (χ4n) is 2.43. The Morgan fingerprint density at radius 1 is 1.43 bits per heavy atom. The van der Waals surface area contributed by atoms with Crippen molar-refractivity contribution in [2.45, 2.75) is 23.8 Å². The fourth-order valence-corrected chi connectivity index (χ4v) is 4.60. The summed E-state index contributed by atoms with van der Waals surface area (Å²) < 4.78 is 39.6. The van der Waals surface area contributed by atoms with Gasteiger partial charge in [0.25, 0.3) is 0 Å². The van der Waals surface area contributed by atoms with Crippen LogP contribution in [0.1, 0.15) is 12.8 Å². The predicted molar refractivity (Wildman–Crippen MR) is 81.9 cm³/mol. The zero-order valence-electron chi connectivity index (χ0n) is 11.8. The molecule has 0 bridgehead atoms. The summed E-state index contributed by atoms with van der Waals surface area (Å²) in [6.07, 6.45) is 4.50. The molecule has 1 atom stereocenters. The molecule has 1 saturated heterocycles. The van der Waals surface area contributed by atoms with Crippen LogP contribution in [0, 0.1) is 5.82 Å². The smallest absolute Gasteiger partial charge is 0.245 e. The van der Waals surface area contributed by atoms with Crippen molar-refractivity contribution < 1.29 is 17.6 Å². The van der Waals surface area contributed by atoms with E-state index in [1.165, 1.54) is 11.3 Å². The van der Waals surface area contributed by atoms with E-state index in [1.54, 1.807) is 11.6 Å². The zero-order chi connectivity index (χ0) is 16.4. The van der Waals surface area contributed by atoms with Crippen molar-refractivity contribution in [1.82, 2.24) is 14.3 Å². The Balaban J connectivity index is 1.84. The van der Waals surface area contributed by atoms with Crippen LogP contribution in [-0.4, -0.2) is 41.2 Å². The molecule has 2 aromatic heterocycles. The van der Waals surface area contributed by atoms with Crippen molar-refractivity contribution in [3.05, 3.63) is 35.9 Å². The summed E-state index contributed by atoms with van der Waals surface area (Å²) in [7, 11) is -3.98. The molecule has 1 fully saturated rings. The first-order valence-corrected chi connectivity index (χ1v) is 9.13. The molecular weight excluding hydrogens is 343 g/mol. The van der Waals surface area contributed by atoms with Crippen molar-refractivity contribution in [2.24, 2.45) is 0 Å². The summed E-state index contributed by atoms with van der Waals surface area (Å²) in [4.78, 5) is 19.6. The van der Waals surface area contributed by atoms with Gasteiger partial charge in [0.1, 0.15) is 16.8 Å². The van der Waals surface area contributed by atoms with Crippen LogP contribution in [0.4, 0.5) is 9.52 Å². The third-order valence-corrected chi connectivity index (χ3v) is 6.02. The monoisotopic (exact) mass is 356 g/mol. The average molecular weight is 356 g/mol. The second kappa shape index (κ2) is 6.30. The highest BCUT2D eigenvalue weighted by Gasteiger charge is 2.39. The maximum Gasteiger partial charge on any atom is 0.245 e. The highest BCUT2D eigenvalue weighted by molar-refractivity contribution is 7.89. The molecule has 0 radical (unpaired) electrons. The number of amides is 1. The van der Waals surface area contributed by atoms with E-state index in [4.69, 9.17) is 0 Å². The number of aromatic nitrogens is 2. The van der Waals surface area contributed by atoms with Gasteiger partial charge in [-0.15, -0.1) is 11.3 Å². The average Bonchev–Trinajstić information content (AvgIpc) is 3.18. The minimum Gasteiger partial charge on any atom is -0.301 e. The SMILES string of the molecule is O=C(Nc1nccs1)C1CCCN1S(=O)(=O)c1cncc(F)c1. The lowest BCUT2D eigenvalue weighted by Gasteiger charge is -2.22. The fraction of sp³-hybridized carbons (Fsp3) is 0.308. The molecule has 0 saturated carbocycles. The van der Waals surface area contributed by atoms with Crippen LogP contribution < -0.4 is 5.32 Å². The Labute approximate surface area is 136 Å². The summed E-state index contributed by atoms with van der Waals surface area (Å²) in [5, 5.41) is 4.72. The van der Waals surface area contributed by atoms with Gasteiger partial charge in [-0.3, -0.25) is 9.78 Å². The largest absolute Gasteiger partial charge is 0.301 e. The first kappa shape index (κ1) is 16.0. The van der Waals surface area contributed by atoms with E-state index in [9.17, 15) is 17.6 Å². The van der Waals surface area contributed by atoms with E-state index >= 15 is 0 Å². The topological polar surface area (TPSA) is 92.3 Å². The number of nitrogens with one attached hydrogen (secondary N) is 1. The molecule has 23 heavy (non-hydrogen) atoms. The van der Waals surface area contributed by atoms with Gasteiger partial charge in [0.05, 0.1) is 6.20 Å². The van der Waals surface area contributed by atoms with Crippen LogP contribution in [0.15, 0.2) is 34.9 Å². The first-order chi connectivity index (χ1) is 11.0. The van der Waals surface area contributed by atoms with Crippen LogP contribution >= 0.6 is 11.3 Å². The Kier molecular flexibility index (Phi) is 4.37. The molecule has 0 spiro atoms. The Morgan fingerprint density at radius 2 is 2.26 bits per heavy atom. The van der Waals surface area contributed by atoms with Crippen LogP contribution in [0.3, 0.4) is 0 Å². The maximum absolute atomic E-state index is 13.3. The van der Waals surface area contributed by atoms with E-state index < -0.39 is 27.8 Å². The molecule has 0 aliphatic carbocycles. The van der Waals surface area contributed by atoms with Gasteiger partial charge in [-0.05, 0) is 18.9 Å². The third kappa shape index (κ3) is 3.23. The molecule has 10 heteroatoms. The third-order valence-electron chi connectivity index (χ3n) is 3.46. The molecular formula is C13H13FN4O3S2. The lowest BCUT2D eigenvalue weighted by atomic mass is 10.2. The lowest BCUT2D eigenvalue weighted by Crippen LogP contribution is -2.43. The number of hydrogen-bond acceptors (Lipinski definition) is 6. The maximum atomic E-state index is 13.3. The van der Waals surface area contributed by atoms with Gasteiger partial charge in [-0.2, -0.15) is 4.31 Å². The van der Waals surface area contributed by atoms with Crippen LogP contribution in [0.2, 0.25) is 0 Å². The molecule has 1 aliphatic rings. The second-order valence-electron chi connectivity index (χ2n) is 4.94. The zero-order valence-corrected chi connectivity index (χ0v) is 13.5. The predicted octanol–water partition coefficient (Wildman–Crippen LogP) is 1.47. The molecule has 2 aromatic rings. The minimum atomic E-state index is -3.98. The summed E-state index contributed by atoms with van der Waals surface area (Å²) in [5.74, 6) is -1.18. The Morgan fingerprint density at radius 3 is 2.96 bits per heavy atom. The minimum absolute atomic E-state index is 0.203. The number of hydrogen-bond donors (Lipinski definition) is 1. The summed E-state index contributed by atoms with van der Waals surface area (Å²) in [6.45, 7) is 0.203. The number of sulfonamides is 1. The number of carbonyl (C=O) groups is 1. The van der Waals surface area contributed by atoms with Crippen molar-refractivity contribution in [1.29, 1.82) is 0 Å². The Bertz CT molecular complexity index is 810. The first-order valence-electron chi connectivity index (χ1n) is 6.81. The number of rotatable bonds is 4. The number of thiazole rings is 1. The van der Waals surface area contributed by atoms with Gasteiger partial charge in [0.15, 0.2) is 5.13 Å².